The van der Waals surface area contributed by atoms with Crippen LogP contribution in [0.5, 0.6) is 11.5 Å². The minimum absolute atomic E-state index is 0.00853. The van der Waals surface area contributed by atoms with Gasteiger partial charge < -0.3 is 14.2 Å². The second-order valence-corrected chi connectivity index (χ2v) is 9.82. The van der Waals surface area contributed by atoms with Crippen molar-refractivity contribution in [2.45, 2.75) is 50.5 Å². The molecule has 0 aliphatic heterocycles. The largest absolute Gasteiger partial charge is 0.493 e. The number of methoxy groups -OCH3 is 1. The molecule has 1 aliphatic rings. The highest BCUT2D eigenvalue weighted by Gasteiger charge is 2.24. The summed E-state index contributed by atoms with van der Waals surface area (Å²) in [7, 11) is -2.66. The zero-order valence-electron chi connectivity index (χ0n) is 19.0. The summed E-state index contributed by atoms with van der Waals surface area (Å²) >= 11 is 0. The summed E-state index contributed by atoms with van der Waals surface area (Å²) in [5, 5.41) is 12.5. The molecule has 0 bridgehead atoms. The van der Waals surface area contributed by atoms with E-state index in [0.29, 0.717) is 11.5 Å². The van der Waals surface area contributed by atoms with Gasteiger partial charge in [0.15, 0.2) is 11.5 Å². The summed E-state index contributed by atoms with van der Waals surface area (Å²) in [5.74, 6) is 0.124. The van der Waals surface area contributed by atoms with Crippen LogP contribution in [0.1, 0.15) is 43.7 Å². The maximum Gasteiger partial charge on any atom is 0.339 e. The molecule has 3 rings (SSSR count). The zero-order valence-corrected chi connectivity index (χ0v) is 19.8. The number of carbonyl (C=O) groups excluding carboxylic acids is 1. The maximum atomic E-state index is 12.6. The third-order valence-electron chi connectivity index (χ3n) is 5.80. The fourth-order valence-corrected chi connectivity index (χ4v) is 4.75. The van der Waals surface area contributed by atoms with Gasteiger partial charge in [0.05, 0.1) is 7.11 Å². The Kier molecular flexibility index (Phi) is 7.77. The van der Waals surface area contributed by atoms with E-state index in [1.54, 1.807) is 18.2 Å². The second kappa shape index (κ2) is 10.5. The monoisotopic (exact) mass is 468 g/mol. The van der Waals surface area contributed by atoms with Crippen LogP contribution in [0.15, 0.2) is 52.9 Å². The van der Waals surface area contributed by atoms with Crippen LogP contribution in [-0.4, -0.2) is 27.5 Å². The van der Waals surface area contributed by atoms with Crippen LogP contribution >= 0.6 is 0 Å². The number of rotatable bonds is 7. The lowest BCUT2D eigenvalue weighted by Gasteiger charge is -2.29. The number of ether oxygens (including phenoxy) is 1. The molecule has 1 saturated carbocycles. The smallest absolute Gasteiger partial charge is 0.339 e. The molecule has 1 amide bonds. The average Bonchev–Trinajstić information content (AvgIpc) is 2.79. The fraction of sp³-hybridized carbons (Fsp3) is 0.360. The third-order valence-corrected chi connectivity index (χ3v) is 7.05. The number of aryl methyl sites for hydroxylation is 1. The van der Waals surface area contributed by atoms with Crippen molar-refractivity contribution in [1.29, 1.82) is 5.26 Å². The molecule has 33 heavy (non-hydrogen) atoms. The van der Waals surface area contributed by atoms with Gasteiger partial charge in [-0.2, -0.15) is 13.7 Å². The molecule has 0 saturated heterocycles. The first-order chi connectivity index (χ1) is 15.7. The molecule has 0 aromatic heterocycles. The highest BCUT2D eigenvalue weighted by Crippen LogP contribution is 2.32. The lowest BCUT2D eigenvalue weighted by molar-refractivity contribution is -0.118. The molecule has 2 aromatic carbocycles. The number of hydrogen-bond donors (Lipinski definition) is 1. The number of benzene rings is 2. The summed E-state index contributed by atoms with van der Waals surface area (Å²) in [6.07, 6.45) is 5.62. The minimum atomic E-state index is -4.05. The lowest BCUT2D eigenvalue weighted by atomic mass is 9.86. The van der Waals surface area contributed by atoms with Gasteiger partial charge in [-0.1, -0.05) is 43.5 Å². The normalized spacial score (nSPS) is 18.8. The Hall–Kier alpha value is -3.31. The van der Waals surface area contributed by atoms with Gasteiger partial charge in [0, 0.05) is 6.04 Å². The Morgan fingerprint density at radius 3 is 2.45 bits per heavy atom. The Bertz CT molecular complexity index is 1180. The number of amides is 1. The zero-order chi connectivity index (χ0) is 24.0. The van der Waals surface area contributed by atoms with Crippen LogP contribution in [0.4, 0.5) is 0 Å². The molecule has 2 aromatic rings. The molecule has 7 nitrogen and oxygen atoms in total. The van der Waals surface area contributed by atoms with E-state index in [4.69, 9.17) is 8.92 Å². The standard InChI is InChI=1S/C25H28N2O5S/c1-17-8-11-21(12-9-17)33(29,30)32-23-13-10-19(15-24(23)31-3)14-20(16-26)25(28)27-22-7-5-4-6-18(22)2/h8-15,18,22H,4-7H2,1-3H3,(H,27,28)/b20-14-. The van der Waals surface area contributed by atoms with Crippen molar-refractivity contribution >= 4 is 22.1 Å². The molecule has 2 atom stereocenters. The van der Waals surface area contributed by atoms with Crippen LogP contribution < -0.4 is 14.2 Å². The van der Waals surface area contributed by atoms with Gasteiger partial charge in [-0.15, -0.1) is 0 Å². The summed E-state index contributed by atoms with van der Waals surface area (Å²) in [6, 6.07) is 12.8. The molecule has 0 radical (unpaired) electrons. The first-order valence-corrected chi connectivity index (χ1v) is 12.3. The van der Waals surface area contributed by atoms with E-state index in [-0.39, 0.29) is 28.0 Å². The van der Waals surface area contributed by atoms with Crippen molar-refractivity contribution < 1.29 is 22.1 Å². The first kappa shape index (κ1) is 24.3. The second-order valence-electron chi connectivity index (χ2n) is 8.27. The van der Waals surface area contributed by atoms with Crippen molar-refractivity contribution in [1.82, 2.24) is 5.32 Å². The summed E-state index contributed by atoms with van der Waals surface area (Å²) in [4.78, 5) is 12.7. The first-order valence-electron chi connectivity index (χ1n) is 10.9. The van der Waals surface area contributed by atoms with Crippen LogP contribution in [0, 0.1) is 24.2 Å². The molecule has 1 N–H and O–H groups in total. The van der Waals surface area contributed by atoms with E-state index in [1.807, 2.05) is 13.0 Å². The van der Waals surface area contributed by atoms with Crippen LogP contribution in [0.2, 0.25) is 0 Å². The topological polar surface area (TPSA) is 105 Å². The maximum absolute atomic E-state index is 12.6. The van der Waals surface area contributed by atoms with Gasteiger partial charge in [0.2, 0.25) is 0 Å². The van der Waals surface area contributed by atoms with Crippen molar-refractivity contribution in [2.75, 3.05) is 7.11 Å². The summed E-state index contributed by atoms with van der Waals surface area (Å²) in [5.41, 5.74) is 1.41. The number of nitrogens with zero attached hydrogens (tertiary/aromatic N) is 1. The molecule has 8 heteroatoms. The van der Waals surface area contributed by atoms with Crippen molar-refractivity contribution in [3.05, 3.63) is 59.2 Å². The van der Waals surface area contributed by atoms with E-state index in [2.05, 4.69) is 12.2 Å². The predicted octanol–water partition coefficient (Wildman–Crippen LogP) is 4.37. The molecular weight excluding hydrogens is 440 g/mol. The van der Waals surface area contributed by atoms with Gasteiger partial charge >= 0.3 is 10.1 Å². The number of hydrogen-bond acceptors (Lipinski definition) is 6. The molecule has 1 aliphatic carbocycles. The van der Waals surface area contributed by atoms with Gasteiger partial charge in [0.25, 0.3) is 5.91 Å². The molecule has 1 fully saturated rings. The Labute approximate surface area is 195 Å². The van der Waals surface area contributed by atoms with Crippen molar-refractivity contribution in [3.63, 3.8) is 0 Å². The Morgan fingerprint density at radius 2 is 1.82 bits per heavy atom. The third kappa shape index (κ3) is 6.14. The number of nitrogens with one attached hydrogen (secondary N) is 1. The number of nitriles is 1. The minimum Gasteiger partial charge on any atom is -0.493 e. The van der Waals surface area contributed by atoms with Gasteiger partial charge in [-0.25, -0.2) is 0 Å². The summed E-state index contributed by atoms with van der Waals surface area (Å²) < 4.78 is 35.8. The van der Waals surface area contributed by atoms with E-state index in [0.717, 1.165) is 31.2 Å². The van der Waals surface area contributed by atoms with E-state index in [9.17, 15) is 18.5 Å². The Morgan fingerprint density at radius 1 is 1.12 bits per heavy atom. The quantitative estimate of drug-likeness (QED) is 0.367. The average molecular weight is 469 g/mol. The van der Waals surface area contributed by atoms with Crippen LogP contribution in [0.3, 0.4) is 0 Å². The van der Waals surface area contributed by atoms with E-state index >= 15 is 0 Å². The molecule has 2 unspecified atom stereocenters. The lowest BCUT2D eigenvalue weighted by Crippen LogP contribution is -2.41. The highest BCUT2D eigenvalue weighted by atomic mass is 32.2. The molecule has 0 heterocycles. The van der Waals surface area contributed by atoms with Gasteiger partial charge in [-0.3, -0.25) is 4.79 Å². The molecule has 0 spiro atoms. The fourth-order valence-electron chi connectivity index (χ4n) is 3.81. The van der Waals surface area contributed by atoms with Crippen molar-refractivity contribution in [3.8, 4) is 17.6 Å². The summed E-state index contributed by atoms with van der Waals surface area (Å²) in [6.45, 7) is 3.96. The van der Waals surface area contributed by atoms with Gasteiger partial charge in [0.1, 0.15) is 16.5 Å². The van der Waals surface area contributed by atoms with E-state index in [1.165, 1.54) is 37.5 Å². The van der Waals surface area contributed by atoms with Crippen LogP contribution in [-0.2, 0) is 14.9 Å². The van der Waals surface area contributed by atoms with Crippen molar-refractivity contribution in [2.24, 2.45) is 5.92 Å². The molecular formula is C25H28N2O5S. The van der Waals surface area contributed by atoms with E-state index < -0.39 is 16.0 Å². The number of carbonyl (C=O) groups is 1. The predicted molar refractivity (Wildman–Crippen MR) is 125 cm³/mol. The SMILES string of the molecule is COc1cc(/C=C(/C#N)C(=O)NC2CCCCC2C)ccc1OS(=O)(=O)c1ccc(C)cc1. The Balaban J connectivity index is 1.80. The van der Waals surface area contributed by atoms with Crippen LogP contribution in [0.25, 0.3) is 6.08 Å². The highest BCUT2D eigenvalue weighted by molar-refractivity contribution is 7.87. The molecule has 174 valence electrons. The van der Waals surface area contributed by atoms with Gasteiger partial charge in [-0.05, 0) is 61.6 Å².